The average Bonchev–Trinajstić information content (AvgIpc) is 2.93. The van der Waals surface area contributed by atoms with Crippen LogP contribution in [0.2, 0.25) is 0 Å². The predicted molar refractivity (Wildman–Crippen MR) is 158 cm³/mol. The van der Waals surface area contributed by atoms with E-state index in [4.69, 9.17) is 17.0 Å². The first-order valence-corrected chi connectivity index (χ1v) is 14.1. The van der Waals surface area contributed by atoms with Gasteiger partial charge in [-0.15, -0.1) is 0 Å². The normalized spacial score (nSPS) is 25.5. The van der Waals surface area contributed by atoms with Crippen LogP contribution in [0.4, 0.5) is 17.1 Å². The third-order valence-corrected chi connectivity index (χ3v) is 8.69. The first kappa shape index (κ1) is 26.1. The molecule has 2 aromatic carbocycles. The molecule has 0 aliphatic carbocycles. The van der Waals surface area contributed by atoms with Crippen LogP contribution in [0.5, 0.6) is 5.75 Å². The highest BCUT2D eigenvalue weighted by Crippen LogP contribution is 2.37. The molecule has 37 heavy (non-hydrogen) atoms. The van der Waals surface area contributed by atoms with E-state index in [2.05, 4.69) is 86.8 Å². The molecule has 0 aromatic heterocycles. The lowest BCUT2D eigenvalue weighted by Gasteiger charge is -2.51. The van der Waals surface area contributed by atoms with Crippen molar-refractivity contribution in [3.63, 3.8) is 0 Å². The van der Waals surface area contributed by atoms with Crippen LogP contribution in [0.3, 0.4) is 0 Å². The second kappa shape index (κ2) is 11.9. The van der Waals surface area contributed by atoms with Gasteiger partial charge in [0.05, 0.1) is 12.8 Å². The number of methoxy groups -OCH3 is 1. The van der Waals surface area contributed by atoms with Crippen molar-refractivity contribution < 1.29 is 4.74 Å². The van der Waals surface area contributed by atoms with Crippen molar-refractivity contribution in [3.05, 3.63) is 48.5 Å². The van der Waals surface area contributed by atoms with E-state index >= 15 is 0 Å². The Hall–Kier alpha value is -2.55. The van der Waals surface area contributed by atoms with E-state index < -0.39 is 0 Å². The monoisotopic (exact) mass is 522 g/mol. The quantitative estimate of drug-likeness (QED) is 0.511. The highest BCUT2D eigenvalue weighted by atomic mass is 32.1. The van der Waals surface area contributed by atoms with Crippen molar-refractivity contribution in [3.8, 4) is 5.75 Å². The van der Waals surface area contributed by atoms with Crippen LogP contribution in [-0.4, -0.2) is 94.5 Å². The van der Waals surface area contributed by atoms with E-state index in [0.717, 1.165) is 56.0 Å². The second-order valence-electron chi connectivity index (χ2n) is 10.9. The van der Waals surface area contributed by atoms with Crippen LogP contribution in [-0.2, 0) is 0 Å². The van der Waals surface area contributed by atoms with Gasteiger partial charge in [-0.2, -0.15) is 0 Å². The number of anilines is 3. The molecule has 4 saturated heterocycles. The number of piperazine rings is 1. The Kier molecular flexibility index (Phi) is 8.37. The van der Waals surface area contributed by atoms with Gasteiger partial charge in [0.2, 0.25) is 0 Å². The van der Waals surface area contributed by atoms with Crippen LogP contribution in [0.15, 0.2) is 48.5 Å². The smallest absolute Gasteiger partial charge is 0.170 e. The average molecular weight is 523 g/mol. The molecule has 2 N–H and O–H groups in total. The highest BCUT2D eigenvalue weighted by molar-refractivity contribution is 7.80. The zero-order chi connectivity index (χ0) is 25.8. The van der Waals surface area contributed by atoms with Gasteiger partial charge in [-0.25, -0.2) is 0 Å². The summed E-state index contributed by atoms with van der Waals surface area (Å²) in [6.07, 6.45) is 2.61. The van der Waals surface area contributed by atoms with Crippen LogP contribution in [0, 0.1) is 11.8 Å². The summed E-state index contributed by atoms with van der Waals surface area (Å²) in [5.41, 5.74) is 3.43. The minimum Gasteiger partial charge on any atom is -0.495 e. The molecule has 0 radical (unpaired) electrons. The molecule has 4 aliphatic rings. The van der Waals surface area contributed by atoms with Crippen LogP contribution in [0.1, 0.15) is 12.8 Å². The number of nitrogens with zero attached hydrogens (tertiary/aromatic N) is 4. The molecular formula is C29H42N6OS. The molecular weight excluding hydrogens is 480 g/mol. The SMILES string of the molecule is COc1ccccc1N1CCN(CC2CN3CCC2CC3CNC(=S)Nc2ccc(N(C)C)cc2)CC1. The lowest BCUT2D eigenvalue weighted by molar-refractivity contribution is -0.0110. The topological polar surface area (TPSA) is 46.3 Å². The van der Waals surface area contributed by atoms with E-state index in [0.29, 0.717) is 11.2 Å². The standard InChI is InChI=1S/C29H42N6OS/c1-32(2)25-10-8-24(9-11-25)31-29(37)30-19-26-18-22-12-13-35(26)21-23(22)20-33-14-16-34(17-15-33)27-6-4-5-7-28(27)36-3/h4-11,22-23,26H,12-21H2,1-3H3,(H2,30,31,37). The van der Waals surface area contributed by atoms with Crippen LogP contribution >= 0.6 is 12.2 Å². The van der Waals surface area contributed by atoms with Gasteiger partial charge in [-0.1, -0.05) is 12.1 Å². The van der Waals surface area contributed by atoms with Crippen molar-refractivity contribution in [1.29, 1.82) is 0 Å². The molecule has 8 heteroatoms. The largest absolute Gasteiger partial charge is 0.495 e. The van der Waals surface area contributed by atoms with Crippen molar-refractivity contribution >= 4 is 34.4 Å². The van der Waals surface area contributed by atoms with Crippen molar-refractivity contribution in [2.45, 2.75) is 18.9 Å². The zero-order valence-corrected chi connectivity index (χ0v) is 23.3. The fourth-order valence-electron chi connectivity index (χ4n) is 6.29. The molecule has 0 spiro atoms. The van der Waals surface area contributed by atoms with Crippen molar-refractivity contribution in [2.75, 3.05) is 88.7 Å². The van der Waals surface area contributed by atoms with Gasteiger partial charge in [0.15, 0.2) is 5.11 Å². The van der Waals surface area contributed by atoms with Crippen LogP contribution in [0.25, 0.3) is 0 Å². The van der Waals surface area contributed by atoms with E-state index in [1.807, 2.05) is 6.07 Å². The van der Waals surface area contributed by atoms with E-state index in [1.165, 1.54) is 43.9 Å². The minimum atomic E-state index is 0.577. The molecule has 4 aliphatic heterocycles. The van der Waals surface area contributed by atoms with Gasteiger partial charge in [-0.3, -0.25) is 9.80 Å². The third-order valence-electron chi connectivity index (χ3n) is 8.44. The number of nitrogens with one attached hydrogen (secondary N) is 2. The summed E-state index contributed by atoms with van der Waals surface area (Å²) in [6.45, 7) is 8.97. The van der Waals surface area contributed by atoms with Gasteiger partial charge in [0.25, 0.3) is 0 Å². The van der Waals surface area contributed by atoms with Gasteiger partial charge in [0, 0.05) is 77.3 Å². The van der Waals surface area contributed by atoms with Gasteiger partial charge in [0.1, 0.15) is 5.75 Å². The Morgan fingerprint density at radius 1 is 1.03 bits per heavy atom. The number of hydrogen-bond donors (Lipinski definition) is 2. The van der Waals surface area contributed by atoms with Crippen LogP contribution < -0.4 is 25.2 Å². The third kappa shape index (κ3) is 6.30. The molecule has 4 fully saturated rings. The Morgan fingerprint density at radius 2 is 1.78 bits per heavy atom. The summed E-state index contributed by atoms with van der Waals surface area (Å²) in [7, 11) is 5.87. The Morgan fingerprint density at radius 3 is 2.46 bits per heavy atom. The number of piperidine rings is 3. The first-order chi connectivity index (χ1) is 18.0. The Labute approximate surface area is 227 Å². The highest BCUT2D eigenvalue weighted by Gasteiger charge is 2.40. The lowest BCUT2D eigenvalue weighted by Crippen LogP contribution is -2.59. The summed E-state index contributed by atoms with van der Waals surface area (Å²) in [5.74, 6) is 2.58. The molecule has 0 saturated carbocycles. The van der Waals surface area contributed by atoms with E-state index in [1.54, 1.807) is 7.11 Å². The van der Waals surface area contributed by atoms with Gasteiger partial charge >= 0.3 is 0 Å². The number of hydrogen-bond acceptors (Lipinski definition) is 6. The Balaban J connectivity index is 1.05. The van der Waals surface area contributed by atoms with Crippen molar-refractivity contribution in [2.24, 2.45) is 11.8 Å². The van der Waals surface area contributed by atoms with E-state index in [-0.39, 0.29) is 0 Å². The Bertz CT molecular complexity index is 1040. The molecule has 4 heterocycles. The van der Waals surface area contributed by atoms with Crippen molar-refractivity contribution in [1.82, 2.24) is 15.1 Å². The summed E-state index contributed by atoms with van der Waals surface area (Å²) >= 11 is 5.60. The number of ether oxygens (including phenoxy) is 1. The maximum atomic E-state index is 5.60. The molecule has 0 amide bonds. The number of thiocarbonyl (C=S) groups is 1. The summed E-state index contributed by atoms with van der Waals surface area (Å²) in [4.78, 5) is 9.97. The number of para-hydroxylation sites is 2. The summed E-state index contributed by atoms with van der Waals surface area (Å²) in [5, 5.41) is 7.55. The first-order valence-electron chi connectivity index (χ1n) is 13.7. The molecule has 2 aromatic rings. The second-order valence-corrected chi connectivity index (χ2v) is 11.3. The zero-order valence-electron chi connectivity index (χ0n) is 22.5. The minimum absolute atomic E-state index is 0.577. The molecule has 6 rings (SSSR count). The number of fused-ring (bicyclic) bond motifs is 3. The van der Waals surface area contributed by atoms with Gasteiger partial charge in [-0.05, 0) is 79.8 Å². The molecule has 2 bridgehead atoms. The number of rotatable bonds is 8. The molecule has 200 valence electrons. The van der Waals surface area contributed by atoms with Gasteiger partial charge < -0.3 is 25.2 Å². The summed E-state index contributed by atoms with van der Waals surface area (Å²) < 4.78 is 5.59. The lowest BCUT2D eigenvalue weighted by atomic mass is 9.75. The maximum absolute atomic E-state index is 5.60. The number of benzene rings is 2. The molecule has 4 unspecified atom stereocenters. The fraction of sp³-hybridized carbons (Fsp3) is 0.552. The fourth-order valence-corrected chi connectivity index (χ4v) is 6.49. The maximum Gasteiger partial charge on any atom is 0.170 e. The summed E-state index contributed by atoms with van der Waals surface area (Å²) in [6, 6.07) is 17.3. The predicted octanol–water partition coefficient (Wildman–Crippen LogP) is 3.58. The van der Waals surface area contributed by atoms with E-state index in [9.17, 15) is 0 Å². The molecule has 7 nitrogen and oxygen atoms in total. The molecule has 4 atom stereocenters.